The van der Waals surface area contributed by atoms with Gasteiger partial charge in [0.1, 0.15) is 0 Å². The molecule has 1 fully saturated rings. The Labute approximate surface area is 105 Å². The Morgan fingerprint density at radius 3 is 1.94 bits per heavy atom. The van der Waals surface area contributed by atoms with Gasteiger partial charge in [-0.05, 0) is 18.8 Å². The third kappa shape index (κ3) is 3.70. The summed E-state index contributed by atoms with van der Waals surface area (Å²) < 4.78 is 61.0. The summed E-state index contributed by atoms with van der Waals surface area (Å²) >= 11 is 1.75. The zero-order valence-corrected chi connectivity index (χ0v) is 10.8. The molecule has 0 saturated heterocycles. The first-order chi connectivity index (χ1) is 7.24. The van der Waals surface area contributed by atoms with Crippen molar-refractivity contribution in [1.29, 1.82) is 0 Å². The molecular formula is C10H14F5I. The van der Waals surface area contributed by atoms with Gasteiger partial charge in [-0.15, -0.1) is 0 Å². The highest BCUT2D eigenvalue weighted by Crippen LogP contribution is 2.43. The van der Waals surface area contributed by atoms with Crippen molar-refractivity contribution in [2.24, 2.45) is 5.92 Å². The molecule has 0 aliphatic heterocycles. The molecule has 0 nitrogen and oxygen atoms in total. The lowest BCUT2D eigenvalue weighted by molar-refractivity contribution is -0.284. The quantitative estimate of drug-likeness (QED) is 0.381. The van der Waals surface area contributed by atoms with E-state index in [1.807, 2.05) is 0 Å². The van der Waals surface area contributed by atoms with Crippen LogP contribution >= 0.6 is 22.6 Å². The third-order valence-corrected chi connectivity index (χ3v) is 4.48. The van der Waals surface area contributed by atoms with Gasteiger partial charge >= 0.3 is 12.1 Å². The predicted molar refractivity (Wildman–Crippen MR) is 60.0 cm³/mol. The summed E-state index contributed by atoms with van der Waals surface area (Å²) in [5.74, 6) is -4.53. The van der Waals surface area contributed by atoms with Crippen LogP contribution in [0.3, 0.4) is 0 Å². The topological polar surface area (TPSA) is 0 Å². The molecule has 6 heteroatoms. The fourth-order valence-electron chi connectivity index (χ4n) is 2.02. The fraction of sp³-hybridized carbons (Fsp3) is 1.00. The lowest BCUT2D eigenvalue weighted by Gasteiger charge is -2.29. The molecule has 0 spiro atoms. The molecular weight excluding hydrogens is 342 g/mol. The molecule has 0 amide bonds. The SMILES string of the molecule is FC(F)(F)C(F)(F)CC(I)C1CCCCC1. The van der Waals surface area contributed by atoms with Crippen molar-refractivity contribution < 1.29 is 22.0 Å². The monoisotopic (exact) mass is 356 g/mol. The maximum Gasteiger partial charge on any atom is 0.453 e. The minimum atomic E-state index is -5.41. The highest BCUT2D eigenvalue weighted by Gasteiger charge is 2.58. The van der Waals surface area contributed by atoms with Gasteiger partial charge in [0.2, 0.25) is 0 Å². The van der Waals surface area contributed by atoms with Gasteiger partial charge in [0.05, 0.1) is 0 Å². The molecule has 1 saturated carbocycles. The summed E-state index contributed by atoms with van der Waals surface area (Å²) in [5, 5.41) is 0. The number of halogens is 6. The van der Waals surface area contributed by atoms with E-state index in [4.69, 9.17) is 0 Å². The second-order valence-electron chi connectivity index (χ2n) is 4.32. The van der Waals surface area contributed by atoms with Crippen LogP contribution in [-0.2, 0) is 0 Å². The first kappa shape index (κ1) is 14.4. The molecule has 1 rings (SSSR count). The third-order valence-electron chi connectivity index (χ3n) is 3.03. The van der Waals surface area contributed by atoms with Crippen LogP contribution in [0.25, 0.3) is 0 Å². The number of hydrogen-bond donors (Lipinski definition) is 0. The molecule has 16 heavy (non-hydrogen) atoms. The van der Waals surface area contributed by atoms with Gasteiger partial charge in [-0.2, -0.15) is 22.0 Å². The van der Waals surface area contributed by atoms with E-state index in [9.17, 15) is 22.0 Å². The average molecular weight is 356 g/mol. The summed E-state index contributed by atoms with van der Waals surface area (Å²) in [5.41, 5.74) is 0. The van der Waals surface area contributed by atoms with Crippen molar-refractivity contribution in [2.45, 2.75) is 54.5 Å². The summed E-state index contributed by atoms with van der Waals surface area (Å²) in [7, 11) is 0. The first-order valence-electron chi connectivity index (χ1n) is 5.32. The van der Waals surface area contributed by atoms with Crippen LogP contribution in [0.1, 0.15) is 38.5 Å². The van der Waals surface area contributed by atoms with Gasteiger partial charge < -0.3 is 0 Å². The van der Waals surface area contributed by atoms with Crippen molar-refractivity contribution in [1.82, 2.24) is 0 Å². The Kier molecular flexibility index (Phi) is 4.83. The molecule has 0 bridgehead atoms. The first-order valence-corrected chi connectivity index (χ1v) is 6.57. The number of hydrogen-bond acceptors (Lipinski definition) is 0. The van der Waals surface area contributed by atoms with E-state index >= 15 is 0 Å². The zero-order valence-electron chi connectivity index (χ0n) is 8.67. The number of rotatable bonds is 3. The molecule has 1 unspecified atom stereocenters. The van der Waals surface area contributed by atoms with Gasteiger partial charge in [-0.25, -0.2) is 0 Å². The van der Waals surface area contributed by atoms with E-state index in [-0.39, 0.29) is 5.92 Å². The Bertz CT molecular complexity index is 220. The second kappa shape index (κ2) is 5.35. The maximum absolute atomic E-state index is 12.8. The fourth-order valence-corrected chi connectivity index (χ4v) is 3.30. The van der Waals surface area contributed by atoms with Crippen LogP contribution in [0.5, 0.6) is 0 Å². The smallest absolute Gasteiger partial charge is 0.196 e. The van der Waals surface area contributed by atoms with Gasteiger partial charge in [0, 0.05) is 10.3 Å². The minimum absolute atomic E-state index is 0.0163. The van der Waals surface area contributed by atoms with Crippen molar-refractivity contribution in [3.63, 3.8) is 0 Å². The van der Waals surface area contributed by atoms with Crippen LogP contribution in [0.4, 0.5) is 22.0 Å². The molecule has 1 aliphatic rings. The highest BCUT2D eigenvalue weighted by atomic mass is 127. The summed E-state index contributed by atoms with van der Waals surface area (Å²) in [6.07, 6.45) is -1.98. The van der Waals surface area contributed by atoms with Crippen molar-refractivity contribution in [2.75, 3.05) is 0 Å². The lowest BCUT2D eigenvalue weighted by atomic mass is 9.85. The molecule has 0 aromatic carbocycles. The maximum atomic E-state index is 12.8. The van der Waals surface area contributed by atoms with E-state index in [1.54, 1.807) is 22.6 Å². The average Bonchev–Trinajstić information content (AvgIpc) is 2.16. The Hall–Kier alpha value is 0.380. The van der Waals surface area contributed by atoms with Crippen molar-refractivity contribution in [3.05, 3.63) is 0 Å². The zero-order chi connectivity index (χ0) is 12.4. The summed E-state index contributed by atoms with van der Waals surface area (Å²) in [6, 6.07) is 0. The minimum Gasteiger partial charge on any atom is -0.196 e. The largest absolute Gasteiger partial charge is 0.453 e. The van der Waals surface area contributed by atoms with E-state index < -0.39 is 22.4 Å². The van der Waals surface area contributed by atoms with Gasteiger partial charge in [0.25, 0.3) is 0 Å². The summed E-state index contributed by atoms with van der Waals surface area (Å²) in [4.78, 5) is 0. The van der Waals surface area contributed by atoms with Gasteiger partial charge in [0.15, 0.2) is 0 Å². The summed E-state index contributed by atoms with van der Waals surface area (Å²) in [6.45, 7) is 0. The molecule has 0 heterocycles. The molecule has 96 valence electrons. The Morgan fingerprint density at radius 2 is 1.50 bits per heavy atom. The molecule has 0 aromatic rings. The standard InChI is InChI=1S/C10H14F5I/c11-9(12,10(13,14)15)6-8(16)7-4-2-1-3-5-7/h7-8H,1-6H2. The lowest BCUT2D eigenvalue weighted by Crippen LogP contribution is -2.40. The normalized spacial score (nSPS) is 22.1. The van der Waals surface area contributed by atoms with Crippen LogP contribution < -0.4 is 0 Å². The van der Waals surface area contributed by atoms with Crippen LogP contribution in [0.15, 0.2) is 0 Å². The van der Waals surface area contributed by atoms with Crippen molar-refractivity contribution in [3.8, 4) is 0 Å². The molecule has 1 atom stereocenters. The predicted octanol–water partition coefficient (Wildman–Crippen LogP) is 4.96. The van der Waals surface area contributed by atoms with Crippen LogP contribution in [-0.4, -0.2) is 16.0 Å². The van der Waals surface area contributed by atoms with E-state index in [2.05, 4.69) is 0 Å². The molecule has 0 N–H and O–H groups in total. The van der Waals surface area contributed by atoms with Crippen LogP contribution in [0, 0.1) is 5.92 Å². The molecule has 0 radical (unpaired) electrons. The molecule has 0 aromatic heterocycles. The highest BCUT2D eigenvalue weighted by molar-refractivity contribution is 14.1. The van der Waals surface area contributed by atoms with E-state index in [0.717, 1.165) is 32.1 Å². The Balaban J connectivity index is 2.52. The van der Waals surface area contributed by atoms with E-state index in [1.165, 1.54) is 0 Å². The number of alkyl halides is 6. The van der Waals surface area contributed by atoms with Gasteiger partial charge in [-0.1, -0.05) is 41.9 Å². The van der Waals surface area contributed by atoms with Crippen LogP contribution in [0.2, 0.25) is 0 Å². The second-order valence-corrected chi connectivity index (χ2v) is 5.92. The van der Waals surface area contributed by atoms with E-state index in [0.29, 0.717) is 0 Å². The van der Waals surface area contributed by atoms with Gasteiger partial charge in [-0.3, -0.25) is 0 Å². The van der Waals surface area contributed by atoms with Crippen molar-refractivity contribution >= 4 is 22.6 Å². The molecule has 1 aliphatic carbocycles. The Morgan fingerprint density at radius 1 is 1.00 bits per heavy atom.